The molecule has 0 unspecified atom stereocenters. The van der Waals surface area contributed by atoms with Gasteiger partial charge in [0.25, 0.3) is 0 Å². The van der Waals surface area contributed by atoms with Gasteiger partial charge in [0.1, 0.15) is 0 Å². The Morgan fingerprint density at radius 3 is 2.69 bits per heavy atom. The lowest BCUT2D eigenvalue weighted by Gasteiger charge is -2.16. The minimum Gasteiger partial charge on any atom is -0.388 e. The predicted octanol–water partition coefficient (Wildman–Crippen LogP) is 3.19. The van der Waals surface area contributed by atoms with Crippen LogP contribution in [0, 0.1) is 5.92 Å². The first-order chi connectivity index (χ1) is 7.86. The van der Waals surface area contributed by atoms with Crippen molar-refractivity contribution in [2.45, 2.75) is 12.5 Å². The lowest BCUT2D eigenvalue weighted by molar-refractivity contribution is 0.178. The molecule has 1 heteroatoms. The molecule has 0 amide bonds. The molecule has 1 nitrogen and oxygen atoms in total. The van der Waals surface area contributed by atoms with Crippen LogP contribution >= 0.6 is 0 Å². The largest absolute Gasteiger partial charge is 0.388 e. The number of allylic oxidation sites excluding steroid dienone is 3. The van der Waals surface area contributed by atoms with Crippen molar-refractivity contribution in [2.24, 2.45) is 5.92 Å². The summed E-state index contributed by atoms with van der Waals surface area (Å²) in [6.45, 7) is 0. The molecule has 1 aliphatic carbocycles. The summed E-state index contributed by atoms with van der Waals surface area (Å²) in [4.78, 5) is 0. The van der Waals surface area contributed by atoms with Gasteiger partial charge in [0, 0.05) is 5.92 Å². The molecule has 2 rings (SSSR count). The number of aliphatic hydroxyl groups excluding tert-OH is 1. The summed E-state index contributed by atoms with van der Waals surface area (Å²) in [6, 6.07) is 10.0. The predicted molar refractivity (Wildman–Crippen MR) is 67.9 cm³/mol. The Hall–Kier alpha value is -1.60. The molecule has 1 aromatic carbocycles. The minimum atomic E-state index is -0.401. The van der Waals surface area contributed by atoms with E-state index in [4.69, 9.17) is 0 Å². The number of hydrogen-bond donors (Lipinski definition) is 1. The van der Waals surface area contributed by atoms with E-state index < -0.39 is 6.10 Å². The third-order valence-corrected chi connectivity index (χ3v) is 2.74. The summed E-state index contributed by atoms with van der Waals surface area (Å²) in [5.74, 6) is 0.213. The summed E-state index contributed by atoms with van der Waals surface area (Å²) >= 11 is 0. The van der Waals surface area contributed by atoms with Gasteiger partial charge in [0.2, 0.25) is 0 Å². The zero-order valence-electron chi connectivity index (χ0n) is 9.16. The maximum atomic E-state index is 9.96. The fourth-order valence-corrected chi connectivity index (χ4v) is 1.77. The standard InChI is InChI=1S/C15H16O/c16-15(14-9-5-2-6-10-14)12-11-13-7-3-1-4-8-13/h1-9,11-12,14-16H,10H2/b12-11+/t14-,15+/m0/s1. The summed E-state index contributed by atoms with van der Waals surface area (Å²) in [6.07, 6.45) is 12.5. The van der Waals surface area contributed by atoms with Gasteiger partial charge in [-0.25, -0.2) is 0 Å². The molecule has 1 aromatic rings. The normalized spacial score (nSPS) is 21.4. The molecule has 0 heterocycles. The van der Waals surface area contributed by atoms with Crippen molar-refractivity contribution in [1.29, 1.82) is 0 Å². The van der Waals surface area contributed by atoms with E-state index in [0.717, 1.165) is 12.0 Å². The minimum absolute atomic E-state index is 0.213. The molecule has 0 spiro atoms. The van der Waals surface area contributed by atoms with E-state index in [9.17, 15) is 5.11 Å². The van der Waals surface area contributed by atoms with Gasteiger partial charge in [0.15, 0.2) is 0 Å². The molecule has 0 aromatic heterocycles. The van der Waals surface area contributed by atoms with Crippen LogP contribution in [0.4, 0.5) is 0 Å². The maximum absolute atomic E-state index is 9.96. The van der Waals surface area contributed by atoms with E-state index in [1.165, 1.54) is 0 Å². The molecule has 16 heavy (non-hydrogen) atoms. The molecule has 0 bridgehead atoms. The van der Waals surface area contributed by atoms with Crippen LogP contribution in [0.5, 0.6) is 0 Å². The van der Waals surface area contributed by atoms with Crippen molar-refractivity contribution in [3.63, 3.8) is 0 Å². The molecular weight excluding hydrogens is 196 g/mol. The Kier molecular flexibility index (Phi) is 3.73. The molecule has 0 aliphatic heterocycles. The Morgan fingerprint density at radius 1 is 1.19 bits per heavy atom. The average Bonchev–Trinajstić information content (AvgIpc) is 2.38. The van der Waals surface area contributed by atoms with Crippen LogP contribution < -0.4 is 0 Å². The zero-order chi connectivity index (χ0) is 11.2. The third-order valence-electron chi connectivity index (χ3n) is 2.74. The molecule has 1 N–H and O–H groups in total. The summed E-state index contributed by atoms with van der Waals surface area (Å²) in [7, 11) is 0. The van der Waals surface area contributed by atoms with Gasteiger partial charge < -0.3 is 5.11 Å². The second-order valence-electron chi connectivity index (χ2n) is 3.97. The van der Waals surface area contributed by atoms with Gasteiger partial charge in [0.05, 0.1) is 6.10 Å². The first kappa shape index (κ1) is 10.9. The second kappa shape index (κ2) is 5.47. The van der Waals surface area contributed by atoms with Gasteiger partial charge in [-0.05, 0) is 12.0 Å². The van der Waals surface area contributed by atoms with Gasteiger partial charge in [-0.3, -0.25) is 0 Å². The van der Waals surface area contributed by atoms with E-state index in [-0.39, 0.29) is 5.92 Å². The SMILES string of the molecule is O[C@H](/C=C/c1ccccc1)[C@H]1C=CC=CC1. The highest BCUT2D eigenvalue weighted by Gasteiger charge is 2.12. The Bertz CT molecular complexity index is 401. The van der Waals surface area contributed by atoms with Crippen LogP contribution in [-0.2, 0) is 0 Å². The Morgan fingerprint density at radius 2 is 2.00 bits per heavy atom. The number of hydrogen-bond acceptors (Lipinski definition) is 1. The molecule has 0 radical (unpaired) electrons. The smallest absolute Gasteiger partial charge is 0.0789 e. The Labute approximate surface area is 96.4 Å². The maximum Gasteiger partial charge on any atom is 0.0789 e. The molecule has 1 aliphatic rings. The molecule has 82 valence electrons. The summed E-state index contributed by atoms with van der Waals surface area (Å²) in [5.41, 5.74) is 1.12. The van der Waals surface area contributed by atoms with E-state index in [1.807, 2.05) is 54.6 Å². The first-order valence-corrected chi connectivity index (χ1v) is 5.61. The number of benzene rings is 1. The summed E-state index contributed by atoms with van der Waals surface area (Å²) < 4.78 is 0. The Balaban J connectivity index is 1.97. The fourth-order valence-electron chi connectivity index (χ4n) is 1.77. The highest BCUT2D eigenvalue weighted by Crippen LogP contribution is 2.17. The van der Waals surface area contributed by atoms with Gasteiger partial charge in [-0.2, -0.15) is 0 Å². The van der Waals surface area contributed by atoms with Crippen LogP contribution in [0.2, 0.25) is 0 Å². The molecule has 0 fully saturated rings. The summed E-state index contributed by atoms with van der Waals surface area (Å²) in [5, 5.41) is 9.96. The van der Waals surface area contributed by atoms with Crippen LogP contribution in [0.1, 0.15) is 12.0 Å². The van der Waals surface area contributed by atoms with Crippen LogP contribution in [-0.4, -0.2) is 11.2 Å². The second-order valence-corrected chi connectivity index (χ2v) is 3.97. The van der Waals surface area contributed by atoms with Crippen LogP contribution in [0.3, 0.4) is 0 Å². The van der Waals surface area contributed by atoms with Crippen molar-refractivity contribution < 1.29 is 5.11 Å². The topological polar surface area (TPSA) is 20.2 Å². The number of aliphatic hydroxyl groups is 1. The van der Waals surface area contributed by atoms with E-state index in [0.29, 0.717) is 0 Å². The quantitative estimate of drug-likeness (QED) is 0.815. The van der Waals surface area contributed by atoms with Gasteiger partial charge in [-0.15, -0.1) is 0 Å². The molecule has 2 atom stereocenters. The molecular formula is C15H16O. The van der Waals surface area contributed by atoms with Gasteiger partial charge >= 0.3 is 0 Å². The zero-order valence-corrected chi connectivity index (χ0v) is 9.16. The fraction of sp³-hybridized carbons (Fsp3) is 0.200. The van der Waals surface area contributed by atoms with Gasteiger partial charge in [-0.1, -0.05) is 66.8 Å². The van der Waals surface area contributed by atoms with Crippen LogP contribution in [0.15, 0.2) is 60.7 Å². The first-order valence-electron chi connectivity index (χ1n) is 5.61. The monoisotopic (exact) mass is 212 g/mol. The van der Waals surface area contributed by atoms with E-state index in [1.54, 1.807) is 0 Å². The van der Waals surface area contributed by atoms with Crippen molar-refractivity contribution in [3.05, 3.63) is 66.3 Å². The highest BCUT2D eigenvalue weighted by atomic mass is 16.3. The van der Waals surface area contributed by atoms with Crippen molar-refractivity contribution in [3.8, 4) is 0 Å². The van der Waals surface area contributed by atoms with Crippen molar-refractivity contribution >= 4 is 6.08 Å². The average molecular weight is 212 g/mol. The van der Waals surface area contributed by atoms with Crippen molar-refractivity contribution in [2.75, 3.05) is 0 Å². The molecule has 0 saturated carbocycles. The number of rotatable bonds is 3. The third kappa shape index (κ3) is 2.94. The van der Waals surface area contributed by atoms with Crippen molar-refractivity contribution in [1.82, 2.24) is 0 Å². The van der Waals surface area contributed by atoms with E-state index in [2.05, 4.69) is 12.2 Å². The van der Waals surface area contributed by atoms with Crippen LogP contribution in [0.25, 0.3) is 6.08 Å². The molecule has 0 saturated heterocycles. The lowest BCUT2D eigenvalue weighted by Crippen LogP contribution is -2.16. The highest BCUT2D eigenvalue weighted by molar-refractivity contribution is 5.49. The van der Waals surface area contributed by atoms with E-state index >= 15 is 0 Å². The lowest BCUT2D eigenvalue weighted by atomic mass is 9.94.